The number of hydrogen-bond donors (Lipinski definition) is 0. The first-order valence-electron chi connectivity index (χ1n) is 2.10. The molecule has 0 aliphatic heterocycles. The largest absolute Gasteiger partial charge is 0.358 e. The van der Waals surface area contributed by atoms with Crippen molar-refractivity contribution in [3.8, 4) is 0 Å². The van der Waals surface area contributed by atoms with Gasteiger partial charge in [0, 0.05) is 0 Å². The first kappa shape index (κ1) is 43.6. The first-order chi connectivity index (χ1) is 2.27. The molecule has 1 atom stereocenters. The van der Waals surface area contributed by atoms with Gasteiger partial charge in [-0.25, -0.2) is 0 Å². The second kappa shape index (κ2) is 28.0. The zero-order valence-electron chi connectivity index (χ0n) is 5.70. The molecule has 0 saturated heterocycles. The minimum atomic E-state index is 0. The Kier molecular flexibility index (Phi) is 136. The summed E-state index contributed by atoms with van der Waals surface area (Å²) in [5.41, 5.74) is 0. The third-order valence-electron chi connectivity index (χ3n) is 0.697. The van der Waals surface area contributed by atoms with Crippen LogP contribution in [-0.2, 0) is 0 Å². The monoisotopic (exact) mass is 385 g/mol. The Bertz CT molecular complexity index is 18.5. The Balaban J connectivity index is -0.0000000133. The van der Waals surface area contributed by atoms with Crippen LogP contribution in [0.5, 0.6) is 0 Å². The second-order valence-corrected chi connectivity index (χ2v) is 1.51. The zero-order valence-corrected chi connectivity index (χ0v) is 12.1. The van der Waals surface area contributed by atoms with Crippen molar-refractivity contribution in [3.05, 3.63) is 14.4 Å². The minimum Gasteiger partial charge on any atom is -0.358 e. The zero-order chi connectivity index (χ0) is 4.28. The van der Waals surface area contributed by atoms with Crippen LogP contribution in [0.25, 0.3) is 0 Å². The molecular weight excluding hydrogens is 363 g/mol. The van der Waals surface area contributed by atoms with Gasteiger partial charge in [-0.1, -0.05) is 35.1 Å². The minimum absolute atomic E-state index is 0. The second-order valence-electron chi connectivity index (χ2n) is 1.51. The molecule has 9 heavy (non-hydrogen) atoms. The van der Waals surface area contributed by atoms with E-state index in [2.05, 4.69) is 20.8 Å². The van der Waals surface area contributed by atoms with Gasteiger partial charge >= 0.3 is 0 Å². The summed E-state index contributed by atoms with van der Waals surface area (Å²) in [6, 6.07) is 0. The fourth-order valence-corrected chi connectivity index (χ4v) is 0. The summed E-state index contributed by atoms with van der Waals surface area (Å²) in [6.45, 7) is 8.00. The average molecular weight is 385 g/mol. The van der Waals surface area contributed by atoms with Crippen molar-refractivity contribution in [2.75, 3.05) is 0 Å². The molecule has 58 valence electrons. The van der Waals surface area contributed by atoms with Crippen molar-refractivity contribution in [3.63, 3.8) is 0 Å². The smallest absolute Gasteiger partial charge is 0 e. The Morgan fingerprint density at radius 2 is 1.44 bits per heavy atom. The van der Waals surface area contributed by atoms with E-state index in [1.54, 1.807) is 0 Å². The first-order valence-corrected chi connectivity index (χ1v) is 2.10. The van der Waals surface area contributed by atoms with Crippen LogP contribution in [0.2, 0.25) is 0 Å². The predicted molar refractivity (Wildman–Crippen MR) is 44.7 cm³/mol. The summed E-state index contributed by atoms with van der Waals surface area (Å²) in [6.07, 6.45) is 1.19. The maximum Gasteiger partial charge on any atom is 0 e. The van der Waals surface area contributed by atoms with Gasteiger partial charge in [0.05, 0.1) is 0 Å². The summed E-state index contributed by atoms with van der Waals surface area (Å²) < 4.78 is 0. The van der Waals surface area contributed by atoms with Gasteiger partial charge in [-0.3, -0.25) is 0 Å². The molecule has 1 heteroatoms. The molecule has 0 heterocycles. The number of rotatable bonds is 1. The van der Waals surface area contributed by atoms with Crippen molar-refractivity contribution < 1.29 is 0 Å². The molecule has 1 unspecified atom stereocenters. The Morgan fingerprint density at radius 3 is 1.44 bits per heavy atom. The standard InChI is InChI=1S/C5H11.2CH4.CH3.Rf/c1-4-5(2)3;;;;/h5H,2,4H2,1,3H3;2*1H4;1H3;/q-1;;;-1;. The molecule has 0 aromatic carbocycles. The van der Waals surface area contributed by atoms with Crippen LogP contribution >= 0.6 is 0 Å². The van der Waals surface area contributed by atoms with E-state index in [4.69, 9.17) is 0 Å². The van der Waals surface area contributed by atoms with E-state index in [0.29, 0.717) is 5.92 Å². The molecule has 0 aromatic heterocycles. The summed E-state index contributed by atoms with van der Waals surface area (Å²) in [5, 5.41) is 0. The Hall–Kier alpha value is -1.00. The van der Waals surface area contributed by atoms with E-state index in [-0.39, 0.29) is 22.3 Å². The van der Waals surface area contributed by atoms with E-state index in [1.165, 1.54) is 6.42 Å². The third kappa shape index (κ3) is 175. The van der Waals surface area contributed by atoms with Gasteiger partial charge in [0.25, 0.3) is 0 Å². The fraction of sp³-hybridized carbons (Fsp3) is 0.750. The topological polar surface area (TPSA) is 0 Å². The molecule has 0 bridgehead atoms. The Labute approximate surface area is 56.3 Å². The summed E-state index contributed by atoms with van der Waals surface area (Å²) in [5.74, 6) is 0.634. The summed E-state index contributed by atoms with van der Waals surface area (Å²) in [4.78, 5) is 0. The van der Waals surface area contributed by atoms with Crippen molar-refractivity contribution >= 4 is 0 Å². The molecule has 0 nitrogen and oxygen atoms in total. The van der Waals surface area contributed by atoms with E-state index >= 15 is 0 Å². The van der Waals surface area contributed by atoms with Crippen LogP contribution in [-0.4, -0.2) is 0 Å². The van der Waals surface area contributed by atoms with Crippen molar-refractivity contribution in [2.24, 2.45) is 5.92 Å². The predicted octanol–water partition coefficient (Wildman–Crippen LogP) is 3.59. The number of hydrogen-bond acceptors (Lipinski definition) is 0. The van der Waals surface area contributed by atoms with Gasteiger partial charge in [0.1, 0.15) is 0 Å². The van der Waals surface area contributed by atoms with Crippen LogP contribution in [0.3, 0.4) is 0 Å². The van der Waals surface area contributed by atoms with Crippen LogP contribution in [0, 0.1) is 20.3 Å². The van der Waals surface area contributed by atoms with Crippen LogP contribution in [0.4, 0.5) is 0 Å². The maximum absolute atomic E-state index is 3.76. The SMILES string of the molecule is C.C.[CH2-]C(C)CC.[CH3-].[Rf]. The molecule has 0 rings (SSSR count). The van der Waals surface area contributed by atoms with Crippen LogP contribution in [0.1, 0.15) is 35.1 Å². The molecule has 0 amide bonds. The quantitative estimate of drug-likeness (QED) is 0.606. The molecule has 0 radical (unpaired) electrons. The maximum atomic E-state index is 3.76. The van der Waals surface area contributed by atoms with Gasteiger partial charge in [-0.2, -0.15) is 5.92 Å². The molecule has 0 aliphatic carbocycles. The van der Waals surface area contributed by atoms with Gasteiger partial charge in [0.15, 0.2) is 0 Å². The average Bonchev–Trinajstić information content (AvgIpc) is 1.38. The van der Waals surface area contributed by atoms with Crippen molar-refractivity contribution in [2.45, 2.75) is 35.1 Å². The third-order valence-corrected chi connectivity index (χ3v) is 0.697. The summed E-state index contributed by atoms with van der Waals surface area (Å²) in [7, 11) is 0. The van der Waals surface area contributed by atoms with Gasteiger partial charge in [-0.05, 0) is 0 Å². The Morgan fingerprint density at radius 1 is 1.33 bits per heavy atom. The summed E-state index contributed by atoms with van der Waals surface area (Å²) >= 11 is 0. The molecule has 0 aliphatic rings. The molecule has 0 fully saturated rings. The van der Waals surface area contributed by atoms with E-state index in [9.17, 15) is 0 Å². The fourth-order valence-electron chi connectivity index (χ4n) is 0. The van der Waals surface area contributed by atoms with E-state index in [1.807, 2.05) is 0 Å². The van der Waals surface area contributed by atoms with Gasteiger partial charge < -0.3 is 14.4 Å². The van der Waals surface area contributed by atoms with Crippen molar-refractivity contribution in [1.82, 2.24) is 0 Å². The molecule has 0 aromatic rings. The van der Waals surface area contributed by atoms with Gasteiger partial charge in [0.2, 0.25) is 0 Å². The van der Waals surface area contributed by atoms with Gasteiger partial charge in [-0.15, -0.1) is 0 Å². The van der Waals surface area contributed by atoms with Crippen LogP contribution < -0.4 is 0 Å². The van der Waals surface area contributed by atoms with E-state index in [0.717, 1.165) is 0 Å². The van der Waals surface area contributed by atoms with Crippen LogP contribution in [0.15, 0.2) is 0 Å². The van der Waals surface area contributed by atoms with Crippen molar-refractivity contribution in [1.29, 1.82) is 0 Å². The molecular formula is C8H22Rf-2. The molecule has 0 spiro atoms. The normalized spacial score (nSPS) is 8.33. The molecule has 0 saturated carbocycles. The molecule has 0 N–H and O–H groups in total. The van der Waals surface area contributed by atoms with E-state index < -0.39 is 0 Å².